The molecule has 0 bridgehead atoms. The minimum Gasteiger partial charge on any atom is -0.457 e. The first-order valence-corrected chi connectivity index (χ1v) is 8.86. The average molecular weight is 381 g/mol. The highest BCUT2D eigenvalue weighted by Gasteiger charge is 2.21. The Balaban J connectivity index is 1.90. The van der Waals surface area contributed by atoms with Crippen LogP contribution in [0.4, 0.5) is 0 Å². The monoisotopic (exact) mass is 380 g/mol. The van der Waals surface area contributed by atoms with Crippen LogP contribution in [0.2, 0.25) is 0 Å². The summed E-state index contributed by atoms with van der Waals surface area (Å²) in [6.07, 6.45) is 1.62. The van der Waals surface area contributed by atoms with Crippen LogP contribution in [0.3, 0.4) is 0 Å². The summed E-state index contributed by atoms with van der Waals surface area (Å²) in [5.41, 5.74) is 5.34. The van der Waals surface area contributed by atoms with E-state index >= 15 is 0 Å². The molecule has 1 aliphatic rings. The summed E-state index contributed by atoms with van der Waals surface area (Å²) in [6, 6.07) is 15.7. The summed E-state index contributed by atoms with van der Waals surface area (Å²) >= 11 is 6.40. The number of ether oxygens (including phenoxy) is 1. The lowest BCUT2D eigenvalue weighted by molar-refractivity contribution is 0.215. The van der Waals surface area contributed by atoms with Gasteiger partial charge in [-0.15, -0.1) is 0 Å². The van der Waals surface area contributed by atoms with Crippen LogP contribution in [-0.4, -0.2) is 13.3 Å². The predicted molar refractivity (Wildman–Crippen MR) is 111 cm³/mol. The number of rotatable bonds is 5. The van der Waals surface area contributed by atoms with Gasteiger partial charge in [0, 0.05) is 11.3 Å². The summed E-state index contributed by atoms with van der Waals surface area (Å²) < 4.78 is 5.90. The Bertz CT molecular complexity index is 939. The molecule has 1 aliphatic heterocycles. The maximum absolute atomic E-state index is 6.40. The summed E-state index contributed by atoms with van der Waals surface area (Å²) in [6.45, 7) is 8.08. The van der Waals surface area contributed by atoms with Crippen molar-refractivity contribution in [2.24, 2.45) is 5.16 Å². The third-order valence-corrected chi connectivity index (χ3v) is 4.69. The average Bonchev–Trinajstić information content (AvgIpc) is 2.67. The largest absolute Gasteiger partial charge is 0.457 e. The number of nitrogens with zero attached hydrogens (tertiary/aromatic N) is 1. The van der Waals surface area contributed by atoms with Crippen molar-refractivity contribution in [3.63, 3.8) is 0 Å². The Labute approximate surface area is 164 Å². The number of benzene rings is 2. The summed E-state index contributed by atoms with van der Waals surface area (Å²) in [5, 5.41) is 7.71. The van der Waals surface area contributed by atoms with Gasteiger partial charge in [-0.05, 0) is 49.2 Å². The van der Waals surface area contributed by atoms with E-state index in [1.54, 1.807) is 6.21 Å². The second-order valence-electron chi connectivity index (χ2n) is 6.19. The lowest BCUT2D eigenvalue weighted by Gasteiger charge is -2.23. The van der Waals surface area contributed by atoms with Gasteiger partial charge in [-0.1, -0.05) is 53.2 Å². The number of hydrogen-bond donors (Lipinski definition) is 1. The van der Waals surface area contributed by atoms with Crippen molar-refractivity contribution in [1.82, 2.24) is 5.32 Å². The van der Waals surface area contributed by atoms with Crippen LogP contribution in [0.25, 0.3) is 5.57 Å². The van der Waals surface area contributed by atoms with Gasteiger partial charge < -0.3 is 14.9 Å². The van der Waals surface area contributed by atoms with Gasteiger partial charge in [0.05, 0.1) is 16.9 Å². The third kappa shape index (κ3) is 4.23. The van der Waals surface area contributed by atoms with Crippen LogP contribution in [0.1, 0.15) is 18.1 Å². The van der Waals surface area contributed by atoms with Crippen molar-refractivity contribution < 1.29 is 9.57 Å². The first kappa shape index (κ1) is 18.8. The van der Waals surface area contributed by atoms with Crippen LogP contribution in [-0.2, 0) is 4.84 Å². The van der Waals surface area contributed by atoms with E-state index in [0.717, 1.165) is 39.6 Å². The lowest BCUT2D eigenvalue weighted by Crippen LogP contribution is -2.20. The summed E-state index contributed by atoms with van der Waals surface area (Å²) in [5.74, 6) is 1.55. The summed E-state index contributed by atoms with van der Waals surface area (Å²) in [7, 11) is 1.50. The van der Waals surface area contributed by atoms with Crippen molar-refractivity contribution in [2.75, 3.05) is 7.11 Å². The Morgan fingerprint density at radius 1 is 1.00 bits per heavy atom. The second-order valence-corrected chi connectivity index (χ2v) is 6.57. The van der Waals surface area contributed by atoms with Crippen molar-refractivity contribution >= 4 is 23.4 Å². The van der Waals surface area contributed by atoms with E-state index in [-0.39, 0.29) is 0 Å². The molecular weight excluding hydrogens is 360 g/mol. The lowest BCUT2D eigenvalue weighted by atomic mass is 9.93. The molecule has 3 rings (SSSR count). The number of hydrogen-bond acceptors (Lipinski definition) is 4. The summed E-state index contributed by atoms with van der Waals surface area (Å²) in [4.78, 5) is 4.82. The molecule has 0 amide bonds. The van der Waals surface area contributed by atoms with Gasteiger partial charge in [-0.2, -0.15) is 0 Å². The quantitative estimate of drug-likeness (QED) is 0.529. The molecular formula is C22H21ClN2O2. The van der Waals surface area contributed by atoms with Gasteiger partial charge in [0.25, 0.3) is 0 Å². The number of dihydropyridines is 1. The van der Waals surface area contributed by atoms with E-state index in [1.165, 1.54) is 12.7 Å². The molecule has 1 N–H and O–H groups in total. The number of halogens is 1. The molecule has 0 atom stereocenters. The van der Waals surface area contributed by atoms with Gasteiger partial charge in [0.2, 0.25) is 0 Å². The van der Waals surface area contributed by atoms with Crippen LogP contribution in [0, 0.1) is 6.92 Å². The Kier molecular flexibility index (Phi) is 5.67. The highest BCUT2D eigenvalue weighted by Crippen LogP contribution is 2.36. The molecule has 0 saturated heterocycles. The molecule has 2 aromatic carbocycles. The van der Waals surface area contributed by atoms with E-state index < -0.39 is 0 Å². The van der Waals surface area contributed by atoms with E-state index in [4.69, 9.17) is 21.2 Å². The first-order chi connectivity index (χ1) is 13.0. The van der Waals surface area contributed by atoms with Crippen LogP contribution in [0.5, 0.6) is 11.5 Å². The zero-order valence-corrected chi connectivity index (χ0v) is 16.3. The molecule has 138 valence electrons. The van der Waals surface area contributed by atoms with Gasteiger partial charge in [-0.25, -0.2) is 0 Å². The number of nitrogens with one attached hydrogen (secondary N) is 1. The highest BCUT2D eigenvalue weighted by atomic mass is 35.5. The van der Waals surface area contributed by atoms with E-state index in [9.17, 15) is 0 Å². The zero-order chi connectivity index (χ0) is 19.4. The van der Waals surface area contributed by atoms with Crippen molar-refractivity contribution in [2.45, 2.75) is 13.8 Å². The number of allylic oxidation sites excluding steroid dienone is 5. The normalized spacial score (nSPS) is 14.6. The fourth-order valence-electron chi connectivity index (χ4n) is 2.78. The van der Waals surface area contributed by atoms with Gasteiger partial charge in [-0.3, -0.25) is 0 Å². The molecule has 0 spiro atoms. The molecule has 0 unspecified atom stereocenters. The minimum atomic E-state index is 0.597. The molecule has 0 aliphatic carbocycles. The molecule has 1 heterocycles. The Morgan fingerprint density at radius 3 is 2.19 bits per heavy atom. The minimum absolute atomic E-state index is 0.597. The second kappa shape index (κ2) is 8.14. The predicted octanol–water partition coefficient (Wildman–Crippen LogP) is 5.76. The number of oxime groups is 1. The van der Waals surface area contributed by atoms with E-state index in [0.29, 0.717) is 5.03 Å². The van der Waals surface area contributed by atoms with Crippen molar-refractivity contribution in [3.8, 4) is 11.5 Å². The first-order valence-electron chi connectivity index (χ1n) is 8.48. The smallest absolute Gasteiger partial charge is 0.127 e. The van der Waals surface area contributed by atoms with Gasteiger partial charge in [0.15, 0.2) is 0 Å². The van der Waals surface area contributed by atoms with E-state index in [1.807, 2.05) is 62.4 Å². The van der Waals surface area contributed by atoms with Crippen LogP contribution in [0.15, 0.2) is 82.3 Å². The highest BCUT2D eigenvalue weighted by molar-refractivity contribution is 6.34. The third-order valence-electron chi connectivity index (χ3n) is 4.17. The van der Waals surface area contributed by atoms with Crippen LogP contribution < -0.4 is 10.1 Å². The topological polar surface area (TPSA) is 42.9 Å². The van der Waals surface area contributed by atoms with Crippen LogP contribution >= 0.6 is 11.6 Å². The zero-order valence-electron chi connectivity index (χ0n) is 15.5. The van der Waals surface area contributed by atoms with Crippen molar-refractivity contribution in [3.05, 3.63) is 88.2 Å². The van der Waals surface area contributed by atoms with E-state index in [2.05, 4.69) is 17.1 Å². The maximum Gasteiger partial charge on any atom is 0.127 e. The van der Waals surface area contributed by atoms with Gasteiger partial charge >= 0.3 is 0 Å². The Morgan fingerprint density at radius 2 is 1.59 bits per heavy atom. The number of aryl methyl sites for hydroxylation is 1. The van der Waals surface area contributed by atoms with Crippen molar-refractivity contribution in [1.29, 1.82) is 0 Å². The maximum atomic E-state index is 6.40. The molecule has 0 saturated carbocycles. The molecule has 0 radical (unpaired) electrons. The molecule has 27 heavy (non-hydrogen) atoms. The standard InChI is InChI=1S/C22H21ClN2O2/c1-14-5-9-18(10-6-14)27-19-11-7-17(8-12-19)21-15(2)22(23)16(3)25-20(21)13-24-26-4/h5-13,25H,2H2,1,3-4H3/b24-13+. The fourth-order valence-corrected chi connectivity index (χ4v) is 2.92. The molecule has 2 aromatic rings. The fraction of sp³-hybridized carbons (Fsp3) is 0.136. The SMILES string of the molecule is C=C1C(Cl)=C(C)NC(/C=N/OC)=C1c1ccc(Oc2ccc(C)cc2)cc1. The molecule has 0 fully saturated rings. The Hall–Kier alpha value is -2.98. The molecule has 4 nitrogen and oxygen atoms in total. The molecule has 5 heteroatoms. The molecule has 0 aromatic heterocycles. The van der Waals surface area contributed by atoms with Gasteiger partial charge in [0.1, 0.15) is 18.6 Å².